The van der Waals surface area contributed by atoms with E-state index in [4.69, 9.17) is 16.6 Å². The van der Waals surface area contributed by atoms with Crippen molar-refractivity contribution in [2.45, 2.75) is 0 Å². The number of rotatable bonds is 4. The fourth-order valence-corrected chi connectivity index (χ4v) is 3.35. The number of benzene rings is 2. The number of nitrogens with one attached hydrogen (secondary N) is 1. The molecule has 0 aliphatic carbocycles. The minimum Gasteiger partial charge on any atom is -0.456 e. The Hall–Kier alpha value is -4.18. The molecule has 10 heteroatoms. The molecular formula is C21H12FN3O5S. The van der Waals surface area contributed by atoms with Gasteiger partial charge in [0.05, 0.1) is 16.2 Å². The van der Waals surface area contributed by atoms with Crippen LogP contribution in [-0.4, -0.2) is 21.9 Å². The van der Waals surface area contributed by atoms with Gasteiger partial charge in [-0.3, -0.25) is 29.9 Å². The Bertz CT molecular complexity index is 1280. The Labute approximate surface area is 179 Å². The summed E-state index contributed by atoms with van der Waals surface area (Å²) >= 11 is 5.07. The van der Waals surface area contributed by atoms with Crippen LogP contribution in [0.5, 0.6) is 0 Å². The average molecular weight is 437 g/mol. The van der Waals surface area contributed by atoms with Crippen LogP contribution in [0.1, 0.15) is 5.76 Å². The molecule has 1 fully saturated rings. The molecule has 31 heavy (non-hydrogen) atoms. The van der Waals surface area contributed by atoms with Gasteiger partial charge in [0.15, 0.2) is 5.11 Å². The molecule has 2 heterocycles. The van der Waals surface area contributed by atoms with Gasteiger partial charge in [-0.05, 0) is 54.7 Å². The first-order chi connectivity index (χ1) is 14.8. The predicted octanol–water partition coefficient (Wildman–Crippen LogP) is 3.83. The molecule has 0 spiro atoms. The van der Waals surface area contributed by atoms with Crippen LogP contribution in [0.2, 0.25) is 0 Å². The Morgan fingerprint density at radius 2 is 1.87 bits per heavy atom. The van der Waals surface area contributed by atoms with Gasteiger partial charge in [0.25, 0.3) is 17.5 Å². The van der Waals surface area contributed by atoms with Crippen LogP contribution in [-0.2, 0) is 9.59 Å². The van der Waals surface area contributed by atoms with Gasteiger partial charge in [0, 0.05) is 6.07 Å². The Kier molecular flexibility index (Phi) is 5.14. The Balaban J connectivity index is 1.70. The number of nitrogens with zero attached hydrogens (tertiary/aromatic N) is 2. The lowest BCUT2D eigenvalue weighted by Gasteiger charge is -2.28. The summed E-state index contributed by atoms with van der Waals surface area (Å²) in [7, 11) is 0. The maximum Gasteiger partial charge on any atom is 0.280 e. The molecule has 0 unspecified atom stereocenters. The maximum atomic E-state index is 13.6. The summed E-state index contributed by atoms with van der Waals surface area (Å²) in [6.07, 6.45) is 1.20. The molecule has 3 aromatic rings. The molecule has 1 aromatic heterocycles. The summed E-state index contributed by atoms with van der Waals surface area (Å²) in [5, 5.41) is 13.4. The lowest BCUT2D eigenvalue weighted by Crippen LogP contribution is -2.54. The molecule has 0 radical (unpaired) electrons. The van der Waals surface area contributed by atoms with Crippen molar-refractivity contribution in [3.8, 4) is 11.3 Å². The lowest BCUT2D eigenvalue weighted by molar-refractivity contribution is -0.384. The normalized spacial score (nSPS) is 15.3. The van der Waals surface area contributed by atoms with Crippen LogP contribution < -0.4 is 10.2 Å². The van der Waals surface area contributed by atoms with Gasteiger partial charge in [0.1, 0.15) is 22.9 Å². The average Bonchev–Trinajstić information content (AvgIpc) is 3.19. The number of furan rings is 1. The summed E-state index contributed by atoms with van der Waals surface area (Å²) in [4.78, 5) is 37.0. The van der Waals surface area contributed by atoms with E-state index in [0.717, 1.165) is 11.0 Å². The smallest absolute Gasteiger partial charge is 0.280 e. The monoisotopic (exact) mass is 437 g/mol. The SMILES string of the molecule is O=C1NC(=S)N(c2cccc(F)c2)C(=O)/C1=C\c1ccc(-c2ccccc2[N+](=O)[O-])o1. The van der Waals surface area contributed by atoms with Gasteiger partial charge >= 0.3 is 0 Å². The molecule has 154 valence electrons. The standard InChI is InChI=1S/C21H12FN3O5S/c22-12-4-3-5-13(10-12)24-20(27)16(19(26)23-21(24)31)11-14-8-9-18(30-14)15-6-1-2-7-17(15)25(28)29/h1-11H,(H,23,26,31)/b16-11-. The van der Waals surface area contributed by atoms with Gasteiger partial charge in [-0.2, -0.15) is 0 Å². The number of thiocarbonyl (C=S) groups is 1. The van der Waals surface area contributed by atoms with E-state index in [-0.39, 0.29) is 39.1 Å². The number of hydrogen-bond donors (Lipinski definition) is 1. The van der Waals surface area contributed by atoms with E-state index < -0.39 is 22.6 Å². The second kappa shape index (κ2) is 7.92. The van der Waals surface area contributed by atoms with Crippen molar-refractivity contribution in [1.29, 1.82) is 0 Å². The zero-order valence-electron chi connectivity index (χ0n) is 15.6. The predicted molar refractivity (Wildman–Crippen MR) is 113 cm³/mol. The van der Waals surface area contributed by atoms with E-state index in [2.05, 4.69) is 5.32 Å². The van der Waals surface area contributed by atoms with Crippen LogP contribution in [0.25, 0.3) is 17.4 Å². The minimum absolute atomic E-state index is 0.124. The third-order valence-electron chi connectivity index (χ3n) is 4.45. The third kappa shape index (κ3) is 3.83. The van der Waals surface area contributed by atoms with Crippen molar-refractivity contribution >= 4 is 46.6 Å². The first-order valence-electron chi connectivity index (χ1n) is 8.86. The van der Waals surface area contributed by atoms with E-state index in [0.29, 0.717) is 0 Å². The van der Waals surface area contributed by atoms with E-state index in [1.165, 1.54) is 54.6 Å². The summed E-state index contributed by atoms with van der Waals surface area (Å²) in [5.41, 5.74) is -0.0356. The topological polar surface area (TPSA) is 106 Å². The summed E-state index contributed by atoms with van der Waals surface area (Å²) < 4.78 is 19.2. The Morgan fingerprint density at radius 1 is 1.10 bits per heavy atom. The molecule has 0 bridgehead atoms. The highest BCUT2D eigenvalue weighted by atomic mass is 32.1. The highest BCUT2D eigenvalue weighted by molar-refractivity contribution is 7.80. The fraction of sp³-hybridized carbons (Fsp3) is 0. The number of nitro benzene ring substituents is 1. The Morgan fingerprint density at radius 3 is 2.61 bits per heavy atom. The summed E-state index contributed by atoms with van der Waals surface area (Å²) in [5.74, 6) is -1.76. The number of nitro groups is 1. The van der Waals surface area contributed by atoms with Crippen LogP contribution >= 0.6 is 12.2 Å². The molecule has 0 saturated carbocycles. The van der Waals surface area contributed by atoms with Gasteiger partial charge in [-0.1, -0.05) is 18.2 Å². The molecule has 0 atom stereocenters. The first-order valence-corrected chi connectivity index (χ1v) is 9.26. The van der Waals surface area contributed by atoms with Crippen molar-refractivity contribution in [2.75, 3.05) is 4.90 Å². The quantitative estimate of drug-likeness (QED) is 0.219. The highest BCUT2D eigenvalue weighted by Gasteiger charge is 2.35. The van der Waals surface area contributed by atoms with Gasteiger partial charge in [0.2, 0.25) is 0 Å². The van der Waals surface area contributed by atoms with Crippen LogP contribution in [0.3, 0.4) is 0 Å². The number of anilines is 1. The van der Waals surface area contributed by atoms with E-state index in [1.807, 2.05) is 0 Å². The largest absolute Gasteiger partial charge is 0.456 e. The van der Waals surface area contributed by atoms with Crippen molar-refractivity contribution < 1.29 is 23.3 Å². The van der Waals surface area contributed by atoms with Gasteiger partial charge in [-0.15, -0.1) is 0 Å². The molecule has 2 amide bonds. The lowest BCUT2D eigenvalue weighted by atomic mass is 10.1. The molecule has 4 rings (SSSR count). The number of carbonyl (C=O) groups excluding carboxylic acids is 2. The van der Waals surface area contributed by atoms with E-state index in [1.54, 1.807) is 6.07 Å². The van der Waals surface area contributed by atoms with Gasteiger partial charge in [-0.25, -0.2) is 4.39 Å². The zero-order valence-corrected chi connectivity index (χ0v) is 16.4. The second-order valence-electron chi connectivity index (χ2n) is 6.41. The van der Waals surface area contributed by atoms with Gasteiger partial charge < -0.3 is 4.42 Å². The number of para-hydroxylation sites is 1. The molecule has 2 aromatic carbocycles. The minimum atomic E-state index is -0.761. The van der Waals surface area contributed by atoms with Crippen LogP contribution in [0.4, 0.5) is 15.8 Å². The second-order valence-corrected chi connectivity index (χ2v) is 6.80. The number of halogens is 1. The van der Waals surface area contributed by atoms with Crippen molar-refractivity contribution in [3.63, 3.8) is 0 Å². The van der Waals surface area contributed by atoms with Crippen LogP contribution in [0.15, 0.2) is 70.7 Å². The van der Waals surface area contributed by atoms with Crippen molar-refractivity contribution in [2.24, 2.45) is 0 Å². The first kappa shape index (κ1) is 20.1. The molecule has 1 saturated heterocycles. The van der Waals surface area contributed by atoms with Crippen molar-refractivity contribution in [1.82, 2.24) is 5.32 Å². The maximum absolute atomic E-state index is 13.6. The molecular weight excluding hydrogens is 425 g/mol. The fourth-order valence-electron chi connectivity index (χ4n) is 3.07. The number of carbonyl (C=O) groups is 2. The third-order valence-corrected chi connectivity index (χ3v) is 4.73. The molecule has 1 aliphatic rings. The highest BCUT2D eigenvalue weighted by Crippen LogP contribution is 2.32. The van der Waals surface area contributed by atoms with E-state index in [9.17, 15) is 24.1 Å². The van der Waals surface area contributed by atoms with Crippen LogP contribution in [0, 0.1) is 15.9 Å². The number of hydrogen-bond acceptors (Lipinski definition) is 6. The zero-order chi connectivity index (χ0) is 22.1. The van der Waals surface area contributed by atoms with Crippen molar-refractivity contribution in [3.05, 3.63) is 87.9 Å². The number of amides is 2. The summed E-state index contributed by atoms with van der Waals surface area (Å²) in [6.45, 7) is 0. The molecule has 8 nitrogen and oxygen atoms in total. The van der Waals surface area contributed by atoms with E-state index >= 15 is 0 Å². The molecule has 1 aliphatic heterocycles. The molecule has 1 N–H and O–H groups in total. The summed E-state index contributed by atoms with van der Waals surface area (Å²) in [6, 6.07) is 14.2.